The van der Waals surface area contributed by atoms with Gasteiger partial charge in [-0.2, -0.15) is 4.98 Å². The maximum absolute atomic E-state index is 5.20. The maximum Gasteiger partial charge on any atom is 0.265 e. The topological polar surface area (TPSA) is 54.2 Å². The van der Waals surface area contributed by atoms with Gasteiger partial charge in [-0.25, -0.2) is 0 Å². The van der Waals surface area contributed by atoms with Crippen LogP contribution in [-0.4, -0.2) is 30.8 Å². The van der Waals surface area contributed by atoms with Crippen molar-refractivity contribution in [3.05, 3.63) is 5.89 Å². The van der Waals surface area contributed by atoms with Crippen molar-refractivity contribution in [1.82, 2.24) is 15.5 Å². The van der Waals surface area contributed by atoms with Gasteiger partial charge in [-0.15, -0.1) is 0 Å². The van der Waals surface area contributed by atoms with Crippen molar-refractivity contribution in [2.24, 2.45) is 0 Å². The second-order valence-electron chi connectivity index (χ2n) is 3.83. The highest BCUT2D eigenvalue weighted by Gasteiger charge is 2.21. The molecule has 0 unspecified atom stereocenters. The first-order valence-electron chi connectivity index (χ1n) is 5.01. The van der Waals surface area contributed by atoms with Crippen LogP contribution in [-0.2, 0) is 0 Å². The molecule has 5 heteroatoms. The largest absolute Gasteiger partial charge is 0.344 e. The van der Waals surface area contributed by atoms with Gasteiger partial charge in [-0.05, 0) is 24.5 Å². The van der Waals surface area contributed by atoms with E-state index in [0.717, 1.165) is 13.0 Å². The number of hydrogen-bond acceptors (Lipinski definition) is 5. The predicted molar refractivity (Wildman–Crippen MR) is 53.2 cm³/mol. The van der Waals surface area contributed by atoms with E-state index < -0.39 is 0 Å². The lowest BCUT2D eigenvalue weighted by molar-refractivity contribution is 0.297. The standard InChI is InChI=1S/C9H16N4O/c1-13(2)9-11-8(14-12-9)7-5-3-4-6-10-7/h7,10H,3-6H2,1-2H3/t7-/m1/s1. The molecule has 1 saturated heterocycles. The summed E-state index contributed by atoms with van der Waals surface area (Å²) in [7, 11) is 3.81. The van der Waals surface area contributed by atoms with Crippen LogP contribution >= 0.6 is 0 Å². The van der Waals surface area contributed by atoms with Crippen LogP contribution in [0.15, 0.2) is 4.52 Å². The molecule has 0 saturated carbocycles. The zero-order chi connectivity index (χ0) is 9.97. The quantitative estimate of drug-likeness (QED) is 0.763. The molecule has 0 aromatic carbocycles. The highest BCUT2D eigenvalue weighted by Crippen LogP contribution is 2.22. The highest BCUT2D eigenvalue weighted by atomic mass is 16.5. The molecule has 1 aromatic rings. The average Bonchev–Trinajstić information content (AvgIpc) is 2.68. The number of nitrogens with one attached hydrogen (secondary N) is 1. The van der Waals surface area contributed by atoms with Gasteiger partial charge in [0.2, 0.25) is 5.89 Å². The molecule has 1 atom stereocenters. The Morgan fingerprint density at radius 3 is 2.86 bits per heavy atom. The van der Waals surface area contributed by atoms with E-state index in [1.807, 2.05) is 19.0 Å². The van der Waals surface area contributed by atoms with Crippen molar-refractivity contribution < 1.29 is 4.52 Å². The van der Waals surface area contributed by atoms with Crippen LogP contribution in [0.5, 0.6) is 0 Å². The molecule has 5 nitrogen and oxygen atoms in total. The van der Waals surface area contributed by atoms with Crippen molar-refractivity contribution in [3.63, 3.8) is 0 Å². The molecule has 0 amide bonds. The number of rotatable bonds is 2. The Morgan fingerprint density at radius 1 is 1.43 bits per heavy atom. The third-order valence-corrected chi connectivity index (χ3v) is 2.44. The maximum atomic E-state index is 5.20. The monoisotopic (exact) mass is 196 g/mol. The van der Waals surface area contributed by atoms with Crippen molar-refractivity contribution in [2.45, 2.75) is 25.3 Å². The Hall–Kier alpha value is -1.10. The summed E-state index contributed by atoms with van der Waals surface area (Å²) in [6, 6.07) is 0.255. The van der Waals surface area contributed by atoms with E-state index in [1.54, 1.807) is 0 Å². The number of hydrogen-bond donors (Lipinski definition) is 1. The second kappa shape index (κ2) is 3.96. The lowest BCUT2D eigenvalue weighted by Gasteiger charge is -2.19. The lowest BCUT2D eigenvalue weighted by Crippen LogP contribution is -2.27. The molecule has 0 spiro atoms. The molecule has 0 bridgehead atoms. The number of anilines is 1. The predicted octanol–water partition coefficient (Wildman–Crippen LogP) is 0.950. The lowest BCUT2D eigenvalue weighted by atomic mass is 10.1. The Kier molecular flexibility index (Phi) is 2.67. The van der Waals surface area contributed by atoms with Gasteiger partial charge in [0.15, 0.2) is 0 Å². The van der Waals surface area contributed by atoms with E-state index >= 15 is 0 Å². The SMILES string of the molecule is CN(C)c1noc([C@H]2CCCCN2)n1. The first-order valence-corrected chi connectivity index (χ1v) is 5.01. The Bertz CT molecular complexity index is 291. The minimum absolute atomic E-state index is 0.255. The van der Waals surface area contributed by atoms with Crippen molar-refractivity contribution >= 4 is 5.95 Å². The van der Waals surface area contributed by atoms with Gasteiger partial charge >= 0.3 is 0 Å². The second-order valence-corrected chi connectivity index (χ2v) is 3.83. The zero-order valence-corrected chi connectivity index (χ0v) is 8.66. The summed E-state index contributed by atoms with van der Waals surface area (Å²) in [6.07, 6.45) is 3.57. The number of piperidine rings is 1. The van der Waals surface area contributed by atoms with Gasteiger partial charge in [0, 0.05) is 14.1 Å². The van der Waals surface area contributed by atoms with Crippen LogP contribution in [0.4, 0.5) is 5.95 Å². The Balaban J connectivity index is 2.07. The van der Waals surface area contributed by atoms with Gasteiger partial charge < -0.3 is 14.7 Å². The van der Waals surface area contributed by atoms with Crippen molar-refractivity contribution in [3.8, 4) is 0 Å². The normalized spacial score (nSPS) is 22.3. The van der Waals surface area contributed by atoms with Crippen LogP contribution in [0.2, 0.25) is 0 Å². The fourth-order valence-corrected chi connectivity index (χ4v) is 1.61. The average molecular weight is 196 g/mol. The molecule has 1 aliphatic heterocycles. The van der Waals surface area contributed by atoms with Crippen LogP contribution in [0.25, 0.3) is 0 Å². The zero-order valence-electron chi connectivity index (χ0n) is 8.66. The molecule has 1 aromatic heterocycles. The van der Waals surface area contributed by atoms with Gasteiger partial charge in [-0.3, -0.25) is 0 Å². The molecule has 0 radical (unpaired) electrons. The number of aromatic nitrogens is 2. The van der Waals surface area contributed by atoms with Gasteiger partial charge in [-0.1, -0.05) is 6.42 Å². The first-order chi connectivity index (χ1) is 6.77. The van der Waals surface area contributed by atoms with E-state index in [1.165, 1.54) is 12.8 Å². The molecule has 78 valence electrons. The Labute approximate surface area is 83.5 Å². The molecule has 1 N–H and O–H groups in total. The summed E-state index contributed by atoms with van der Waals surface area (Å²) < 4.78 is 5.20. The molecular weight excluding hydrogens is 180 g/mol. The first kappa shape index (κ1) is 9.45. The van der Waals surface area contributed by atoms with E-state index in [-0.39, 0.29) is 6.04 Å². The summed E-state index contributed by atoms with van der Waals surface area (Å²) in [6.45, 7) is 1.05. The molecular formula is C9H16N4O. The molecule has 0 aliphatic carbocycles. The fourth-order valence-electron chi connectivity index (χ4n) is 1.61. The van der Waals surface area contributed by atoms with E-state index in [0.29, 0.717) is 11.8 Å². The summed E-state index contributed by atoms with van der Waals surface area (Å²) in [4.78, 5) is 6.16. The third kappa shape index (κ3) is 1.87. The van der Waals surface area contributed by atoms with E-state index in [4.69, 9.17) is 4.52 Å². The van der Waals surface area contributed by atoms with Crippen molar-refractivity contribution in [1.29, 1.82) is 0 Å². The van der Waals surface area contributed by atoms with Crippen LogP contribution < -0.4 is 10.2 Å². The molecule has 2 heterocycles. The molecule has 1 aliphatic rings. The summed E-state index contributed by atoms with van der Waals surface area (Å²) in [5.74, 6) is 1.36. The van der Waals surface area contributed by atoms with Crippen molar-refractivity contribution in [2.75, 3.05) is 25.5 Å². The van der Waals surface area contributed by atoms with Crippen LogP contribution in [0.1, 0.15) is 31.2 Å². The highest BCUT2D eigenvalue weighted by molar-refractivity contribution is 5.24. The summed E-state index contributed by atoms with van der Waals surface area (Å²) >= 11 is 0. The summed E-state index contributed by atoms with van der Waals surface area (Å²) in [5, 5.41) is 7.26. The van der Waals surface area contributed by atoms with Gasteiger partial charge in [0.05, 0.1) is 6.04 Å². The van der Waals surface area contributed by atoms with Crippen LogP contribution in [0.3, 0.4) is 0 Å². The Morgan fingerprint density at radius 2 is 2.29 bits per heavy atom. The van der Waals surface area contributed by atoms with E-state index in [9.17, 15) is 0 Å². The van der Waals surface area contributed by atoms with Crippen LogP contribution in [0, 0.1) is 0 Å². The van der Waals surface area contributed by atoms with E-state index in [2.05, 4.69) is 15.5 Å². The number of nitrogens with zero attached hydrogens (tertiary/aromatic N) is 3. The minimum atomic E-state index is 0.255. The van der Waals surface area contributed by atoms with Gasteiger partial charge in [0.1, 0.15) is 0 Å². The van der Waals surface area contributed by atoms with Gasteiger partial charge in [0.25, 0.3) is 5.95 Å². The smallest absolute Gasteiger partial charge is 0.265 e. The third-order valence-electron chi connectivity index (χ3n) is 2.44. The molecule has 14 heavy (non-hydrogen) atoms. The minimum Gasteiger partial charge on any atom is -0.344 e. The fraction of sp³-hybridized carbons (Fsp3) is 0.778. The summed E-state index contributed by atoms with van der Waals surface area (Å²) in [5.41, 5.74) is 0. The molecule has 1 fully saturated rings. The molecule has 2 rings (SSSR count).